The van der Waals surface area contributed by atoms with Crippen molar-refractivity contribution in [1.29, 1.82) is 0 Å². The Balaban J connectivity index is 1.52. The van der Waals surface area contributed by atoms with Crippen LogP contribution in [0.25, 0.3) is 89.2 Å². The zero-order valence-electron chi connectivity index (χ0n) is 32.9. The summed E-state index contributed by atoms with van der Waals surface area (Å²) in [7, 11) is 0. The predicted molar refractivity (Wildman–Crippen MR) is 245 cm³/mol. The third-order valence-electron chi connectivity index (χ3n) is 10.5. The number of benzene rings is 4. The van der Waals surface area contributed by atoms with Crippen molar-refractivity contribution in [2.45, 2.75) is 39.5 Å². The zero-order valence-corrected chi connectivity index (χ0v) is 33.7. The Kier molecular flexibility index (Phi) is 10.8. The van der Waals surface area contributed by atoms with E-state index >= 15 is 0 Å². The summed E-state index contributed by atoms with van der Waals surface area (Å²) < 4.78 is 15.8. The Morgan fingerprint density at radius 3 is 1.10 bits per heavy atom. The van der Waals surface area contributed by atoms with Crippen molar-refractivity contribution in [2.75, 3.05) is 13.2 Å². The number of ether oxygens (including phenoxy) is 2. The quantitative estimate of drug-likeness (QED) is 0.126. The second-order valence-corrected chi connectivity index (χ2v) is 15.5. The number of thiophene rings is 1. The number of aromatic nitrogens is 3. The molecule has 6 heteroatoms. The summed E-state index contributed by atoms with van der Waals surface area (Å²) in [6.45, 7) is 5.53. The number of hydrogen-bond donors (Lipinski definition) is 1. The first-order valence-electron chi connectivity index (χ1n) is 20.3. The highest BCUT2D eigenvalue weighted by atomic mass is 32.1. The van der Waals surface area contributed by atoms with E-state index in [2.05, 4.69) is 177 Å². The lowest BCUT2D eigenvalue weighted by molar-refractivity contribution is 0.268. The highest BCUT2D eigenvalue weighted by molar-refractivity contribution is 7.25. The van der Waals surface area contributed by atoms with E-state index in [1.165, 1.54) is 0 Å². The number of hydrogen-bond acceptors (Lipinski definition) is 5. The van der Waals surface area contributed by atoms with Crippen LogP contribution in [0.5, 0.6) is 11.5 Å². The average molecular weight is 776 g/mol. The van der Waals surface area contributed by atoms with E-state index in [1.54, 1.807) is 11.3 Å². The van der Waals surface area contributed by atoms with Crippen LogP contribution in [0.15, 0.2) is 133 Å². The molecule has 0 saturated heterocycles. The maximum absolute atomic E-state index is 6.93. The minimum absolute atomic E-state index is 0.571. The molecule has 5 heterocycles. The maximum Gasteiger partial charge on any atom is 0.180 e. The van der Waals surface area contributed by atoms with E-state index < -0.39 is 0 Å². The van der Waals surface area contributed by atoms with Crippen LogP contribution in [0.4, 0.5) is 0 Å². The van der Waals surface area contributed by atoms with E-state index in [0.29, 0.717) is 13.2 Å². The van der Waals surface area contributed by atoms with Gasteiger partial charge in [-0.2, -0.15) is 0 Å². The largest absolute Gasteiger partial charge is 0.488 e. The second kappa shape index (κ2) is 16.9. The van der Waals surface area contributed by atoms with Gasteiger partial charge in [-0.3, -0.25) is 0 Å². The van der Waals surface area contributed by atoms with Gasteiger partial charge in [0, 0.05) is 33.3 Å². The SMILES string of the molecule is CCCCOc1c(OCCCC)c2sc1c(-c1ccccc1)c1nc(c(-c3ccccc3)c3ccc([nH]3)c(-c3ccccc3)c3nc(c2-c2ccccc2)C=C3)C=C1. The fraction of sp³-hybridized carbons (Fsp3) is 0.154. The van der Waals surface area contributed by atoms with E-state index in [9.17, 15) is 0 Å². The van der Waals surface area contributed by atoms with Crippen molar-refractivity contribution in [3.05, 3.63) is 156 Å². The molecule has 4 aromatic carbocycles. The Morgan fingerprint density at radius 2 is 0.759 bits per heavy atom. The molecule has 58 heavy (non-hydrogen) atoms. The maximum atomic E-state index is 6.93. The van der Waals surface area contributed by atoms with E-state index in [1.807, 2.05) is 0 Å². The van der Waals surface area contributed by atoms with Crippen molar-refractivity contribution < 1.29 is 9.47 Å². The highest BCUT2D eigenvalue weighted by Gasteiger charge is 2.26. The van der Waals surface area contributed by atoms with Gasteiger partial charge in [-0.1, -0.05) is 148 Å². The second-order valence-electron chi connectivity index (χ2n) is 14.5. The molecule has 8 bridgehead atoms. The number of nitrogens with zero attached hydrogens (tertiary/aromatic N) is 2. The fourth-order valence-corrected chi connectivity index (χ4v) is 9.03. The summed E-state index contributed by atoms with van der Waals surface area (Å²) in [5.41, 5.74) is 13.8. The van der Waals surface area contributed by atoms with Crippen LogP contribution in [0.3, 0.4) is 0 Å². The van der Waals surface area contributed by atoms with Gasteiger partial charge in [0.25, 0.3) is 0 Å². The van der Waals surface area contributed by atoms with Crippen molar-refractivity contribution in [2.24, 2.45) is 0 Å². The Labute approximate surface area is 344 Å². The Hall–Kier alpha value is -6.50. The lowest BCUT2D eigenvalue weighted by Crippen LogP contribution is -2.01. The monoisotopic (exact) mass is 775 g/mol. The Bertz CT molecular complexity index is 2600. The molecule has 5 nitrogen and oxygen atoms in total. The van der Waals surface area contributed by atoms with Crippen LogP contribution < -0.4 is 9.47 Å². The molecule has 3 aromatic heterocycles. The topological polar surface area (TPSA) is 60.0 Å². The fourth-order valence-electron chi connectivity index (χ4n) is 7.69. The summed E-state index contributed by atoms with van der Waals surface area (Å²) in [4.78, 5) is 14.9. The molecular weight excluding hydrogens is 731 g/mol. The van der Waals surface area contributed by atoms with Crippen molar-refractivity contribution >= 4 is 56.1 Å². The van der Waals surface area contributed by atoms with E-state index in [4.69, 9.17) is 19.4 Å². The van der Waals surface area contributed by atoms with Gasteiger partial charge < -0.3 is 14.5 Å². The summed E-state index contributed by atoms with van der Waals surface area (Å²) >= 11 is 1.71. The molecular formula is C52H45N3O2S. The van der Waals surface area contributed by atoms with Gasteiger partial charge in [0.05, 0.1) is 45.4 Å². The van der Waals surface area contributed by atoms with Gasteiger partial charge in [0.15, 0.2) is 11.5 Å². The summed E-state index contributed by atoms with van der Waals surface area (Å²) in [5.74, 6) is 1.52. The number of unbranched alkanes of at least 4 members (excludes halogenated alkanes) is 2. The molecule has 0 aliphatic carbocycles. The molecule has 0 amide bonds. The smallest absolute Gasteiger partial charge is 0.180 e. The molecule has 2 aliphatic heterocycles. The molecule has 0 saturated carbocycles. The molecule has 286 valence electrons. The molecule has 0 fully saturated rings. The molecule has 7 aromatic rings. The first-order chi connectivity index (χ1) is 28.7. The minimum atomic E-state index is 0.571. The third-order valence-corrected chi connectivity index (χ3v) is 11.7. The minimum Gasteiger partial charge on any atom is -0.488 e. The lowest BCUT2D eigenvalue weighted by Gasteiger charge is -2.12. The van der Waals surface area contributed by atoms with Crippen LogP contribution in [0.1, 0.15) is 62.3 Å². The van der Waals surface area contributed by atoms with Gasteiger partial charge >= 0.3 is 0 Å². The van der Waals surface area contributed by atoms with E-state index in [0.717, 1.165) is 125 Å². The number of H-pyrrole nitrogens is 1. The summed E-state index contributed by atoms with van der Waals surface area (Å²) in [6, 6.07) is 46.6. The molecule has 2 aliphatic rings. The molecule has 9 rings (SSSR count). The molecule has 1 N–H and O–H groups in total. The molecule has 0 radical (unpaired) electrons. The van der Waals surface area contributed by atoms with E-state index in [-0.39, 0.29) is 0 Å². The number of rotatable bonds is 12. The average Bonchev–Trinajstić information content (AvgIpc) is 4.10. The number of fused-ring (bicyclic) bond motifs is 8. The van der Waals surface area contributed by atoms with Gasteiger partial charge in [-0.25, -0.2) is 9.97 Å². The van der Waals surface area contributed by atoms with Crippen molar-refractivity contribution in [3.63, 3.8) is 0 Å². The highest BCUT2D eigenvalue weighted by Crippen LogP contribution is 2.52. The van der Waals surface area contributed by atoms with Crippen molar-refractivity contribution in [3.8, 4) is 56.0 Å². The van der Waals surface area contributed by atoms with Crippen LogP contribution in [0, 0.1) is 0 Å². The summed E-state index contributed by atoms with van der Waals surface area (Å²) in [5, 5.41) is 0. The third kappa shape index (κ3) is 7.28. The van der Waals surface area contributed by atoms with Gasteiger partial charge in [-0.15, -0.1) is 11.3 Å². The van der Waals surface area contributed by atoms with Crippen molar-refractivity contribution in [1.82, 2.24) is 15.0 Å². The standard InChI is InChI=1S/C52H45N3O2S/c1-3-5-33-56-49-50(57-34-6-4-2)52-48(38-25-17-10-18-26-38)44-32-30-42(55-44)46(36-21-13-8-14-22-36)40-28-27-39(53-40)45(35-19-11-7-12-20-35)41-29-31-43(54-41)47(51(49)58-52)37-23-15-9-16-24-37/h7-32,53H,3-6,33-34H2,1-2H3. The van der Waals surface area contributed by atoms with Crippen LogP contribution in [-0.4, -0.2) is 28.2 Å². The normalized spacial score (nSPS) is 11.9. The van der Waals surface area contributed by atoms with Gasteiger partial charge in [-0.05, 0) is 71.5 Å². The Morgan fingerprint density at radius 1 is 0.431 bits per heavy atom. The van der Waals surface area contributed by atoms with Gasteiger partial charge in [0.2, 0.25) is 0 Å². The first-order valence-corrected chi connectivity index (χ1v) is 21.1. The van der Waals surface area contributed by atoms with Crippen LogP contribution in [0.2, 0.25) is 0 Å². The number of nitrogens with one attached hydrogen (secondary N) is 1. The predicted octanol–water partition coefficient (Wildman–Crippen LogP) is 14.4. The van der Waals surface area contributed by atoms with Crippen LogP contribution in [-0.2, 0) is 0 Å². The zero-order chi connectivity index (χ0) is 39.3. The van der Waals surface area contributed by atoms with Crippen LogP contribution >= 0.6 is 11.3 Å². The molecule has 0 atom stereocenters. The lowest BCUT2D eigenvalue weighted by atomic mass is 10.0. The summed E-state index contributed by atoms with van der Waals surface area (Å²) in [6.07, 6.45) is 12.5. The van der Waals surface area contributed by atoms with Gasteiger partial charge in [0.1, 0.15) is 0 Å². The number of aromatic amines is 1. The first kappa shape index (κ1) is 37.1. The molecule has 0 unspecified atom stereocenters. The molecule has 0 spiro atoms.